The summed E-state index contributed by atoms with van der Waals surface area (Å²) in [6.07, 6.45) is 12.6. The van der Waals surface area contributed by atoms with Gasteiger partial charge in [-0.3, -0.25) is 6.58 Å². The molecule has 3 heteroatoms. The number of benzene rings is 1. The third kappa shape index (κ3) is 11.2. The predicted octanol–water partition coefficient (Wildman–Crippen LogP) is 6.52. The van der Waals surface area contributed by atoms with Crippen LogP contribution in [0.15, 0.2) is 30.4 Å². The molecule has 2 rings (SSSR count). The monoisotopic (exact) mass is 596 g/mol. The molecule has 1 aliphatic carbocycles. The van der Waals surface area contributed by atoms with E-state index < -0.39 is 0 Å². The maximum Gasteiger partial charge on any atom is 2.00 e. The molecule has 0 spiro atoms. The van der Waals surface area contributed by atoms with Crippen molar-refractivity contribution >= 4 is 0 Å². The fraction of sp³-hybridized carbons (Fsp3) is 0.583. The Morgan fingerprint density at radius 1 is 1.19 bits per heavy atom. The van der Waals surface area contributed by atoms with Crippen molar-refractivity contribution in [1.29, 1.82) is 0 Å². The molecule has 2 N–H and O–H groups in total. The predicted molar refractivity (Wildman–Crippen MR) is 112 cm³/mol. The van der Waals surface area contributed by atoms with Crippen LogP contribution < -0.4 is 0 Å². The zero-order valence-corrected chi connectivity index (χ0v) is 21.7. The van der Waals surface area contributed by atoms with E-state index in [0.717, 1.165) is 36.8 Å². The molecular weight excluding hydrogens is 558 g/mol. The molecule has 1 atom stereocenters. The molecule has 0 saturated carbocycles. The van der Waals surface area contributed by atoms with Crippen LogP contribution in [-0.4, -0.2) is 16.8 Å². The average molecular weight is 597 g/mol. The van der Waals surface area contributed by atoms with E-state index in [4.69, 9.17) is 0 Å². The van der Waals surface area contributed by atoms with E-state index in [9.17, 15) is 10.2 Å². The molecular formula is C24H38O2U. The topological polar surface area (TPSA) is 40.5 Å². The number of aromatic hydroxyl groups is 1. The van der Waals surface area contributed by atoms with Crippen LogP contribution in [0, 0.1) is 43.8 Å². The molecule has 27 heavy (non-hydrogen) atoms. The molecule has 0 aliphatic heterocycles. The SMILES string of the molecule is CC.CCCCCCCc1c[c-]c(C2C=C(CO)CCC2)c(O)c1.[CH-]=C.[U+2]. The fourth-order valence-electron chi connectivity index (χ4n) is 3.27. The second kappa shape index (κ2) is 18.9. The zero-order valence-electron chi connectivity index (χ0n) is 17.6. The Bertz CT molecular complexity index is 511. The molecule has 0 fully saturated rings. The van der Waals surface area contributed by atoms with E-state index in [1.807, 2.05) is 26.0 Å². The van der Waals surface area contributed by atoms with E-state index >= 15 is 0 Å². The Labute approximate surface area is 191 Å². The standard InChI is InChI=1S/C20H29O2.C2H6.C2H3.U/c1-2-3-4-5-6-8-16-11-12-19(20(22)14-16)18-10-7-9-17(13-18)15-21;2*1-2;/h11,13-14,18,21-22H,2-10,15H2,1H3;1-2H3;1H,2H2;/q-1;;-1;+2. The number of rotatable bonds is 8. The summed E-state index contributed by atoms with van der Waals surface area (Å²) < 4.78 is 0. The number of phenolic OH excluding ortho intramolecular Hbond substituents is 1. The van der Waals surface area contributed by atoms with Crippen molar-refractivity contribution in [3.05, 3.63) is 54.1 Å². The third-order valence-electron chi connectivity index (χ3n) is 4.60. The van der Waals surface area contributed by atoms with E-state index in [-0.39, 0.29) is 43.6 Å². The van der Waals surface area contributed by atoms with Gasteiger partial charge in [0.15, 0.2) is 0 Å². The van der Waals surface area contributed by atoms with Crippen LogP contribution in [0.3, 0.4) is 0 Å². The van der Waals surface area contributed by atoms with Gasteiger partial charge in [0, 0.05) is 5.75 Å². The first kappa shape index (κ1) is 28.7. The number of allylic oxidation sites excluding steroid dienone is 1. The quantitative estimate of drug-likeness (QED) is 0.204. The molecule has 1 unspecified atom stereocenters. The van der Waals surface area contributed by atoms with Crippen molar-refractivity contribution in [2.24, 2.45) is 0 Å². The van der Waals surface area contributed by atoms with Crippen LogP contribution in [0.25, 0.3) is 0 Å². The number of hydrogen-bond donors (Lipinski definition) is 2. The molecule has 0 radical (unpaired) electrons. The third-order valence-corrected chi connectivity index (χ3v) is 4.60. The molecule has 150 valence electrons. The van der Waals surface area contributed by atoms with Crippen LogP contribution in [0.5, 0.6) is 5.75 Å². The largest absolute Gasteiger partial charge is 2.00 e. The zero-order chi connectivity index (χ0) is 19.8. The smallest absolute Gasteiger partial charge is 0.565 e. The summed E-state index contributed by atoms with van der Waals surface area (Å²) in [6, 6.07) is 7.24. The minimum absolute atomic E-state index is 0. The van der Waals surface area contributed by atoms with E-state index in [1.54, 1.807) is 0 Å². The average Bonchev–Trinajstić information content (AvgIpc) is 2.71. The van der Waals surface area contributed by atoms with Gasteiger partial charge in [0.2, 0.25) is 0 Å². The minimum Gasteiger partial charge on any atom is -0.565 e. The van der Waals surface area contributed by atoms with Crippen molar-refractivity contribution in [3.8, 4) is 5.75 Å². The summed E-state index contributed by atoms with van der Waals surface area (Å²) in [5.41, 5.74) is 3.16. The Morgan fingerprint density at radius 3 is 2.44 bits per heavy atom. The molecule has 1 aromatic rings. The van der Waals surface area contributed by atoms with Gasteiger partial charge in [0.05, 0.1) is 6.61 Å². The van der Waals surface area contributed by atoms with Gasteiger partial charge in [-0.15, -0.1) is 11.6 Å². The summed E-state index contributed by atoms with van der Waals surface area (Å²) in [6.45, 7) is 13.4. The summed E-state index contributed by atoms with van der Waals surface area (Å²) >= 11 is 0. The second-order valence-corrected chi connectivity index (χ2v) is 6.45. The Morgan fingerprint density at radius 2 is 1.85 bits per heavy atom. The first-order valence-corrected chi connectivity index (χ1v) is 10.2. The van der Waals surface area contributed by atoms with Gasteiger partial charge in [-0.2, -0.15) is 17.7 Å². The van der Waals surface area contributed by atoms with Crippen LogP contribution in [0.2, 0.25) is 0 Å². The van der Waals surface area contributed by atoms with Gasteiger partial charge in [0.25, 0.3) is 0 Å². The van der Waals surface area contributed by atoms with E-state index in [1.165, 1.54) is 37.7 Å². The van der Waals surface area contributed by atoms with E-state index in [2.05, 4.69) is 32.2 Å². The van der Waals surface area contributed by atoms with Crippen molar-refractivity contribution < 1.29 is 41.3 Å². The van der Waals surface area contributed by atoms with Gasteiger partial charge < -0.3 is 16.8 Å². The van der Waals surface area contributed by atoms with E-state index in [0.29, 0.717) is 5.75 Å². The van der Waals surface area contributed by atoms with Crippen LogP contribution in [-0.2, 0) is 6.42 Å². The first-order valence-electron chi connectivity index (χ1n) is 10.2. The molecule has 0 aromatic heterocycles. The number of hydrogen-bond acceptors (Lipinski definition) is 2. The second-order valence-electron chi connectivity index (χ2n) is 6.45. The summed E-state index contributed by atoms with van der Waals surface area (Å²) in [7, 11) is 0. The fourth-order valence-corrected chi connectivity index (χ4v) is 3.27. The molecule has 0 saturated heterocycles. The number of aliphatic hydroxyl groups excluding tert-OH is 1. The van der Waals surface area contributed by atoms with Crippen molar-refractivity contribution in [2.45, 2.75) is 84.5 Å². The molecule has 0 heterocycles. The summed E-state index contributed by atoms with van der Waals surface area (Å²) in [5, 5.41) is 19.6. The van der Waals surface area contributed by atoms with Gasteiger partial charge in [-0.1, -0.05) is 65.4 Å². The molecule has 0 bridgehead atoms. The molecule has 1 aliphatic rings. The van der Waals surface area contributed by atoms with Gasteiger partial charge in [-0.25, -0.2) is 0 Å². The Kier molecular flexibility index (Phi) is 20.1. The number of phenols is 1. The Balaban J connectivity index is 0. The minimum atomic E-state index is 0. The van der Waals surface area contributed by atoms with Gasteiger partial charge in [-0.05, 0) is 30.8 Å². The van der Waals surface area contributed by atoms with Crippen LogP contribution >= 0.6 is 0 Å². The van der Waals surface area contributed by atoms with Crippen molar-refractivity contribution in [1.82, 2.24) is 0 Å². The molecule has 0 amide bonds. The number of aryl methyl sites for hydroxylation is 1. The molecule has 1 aromatic carbocycles. The number of unbranched alkanes of at least 4 members (excludes halogenated alkanes) is 4. The van der Waals surface area contributed by atoms with Gasteiger partial charge in [0.1, 0.15) is 0 Å². The summed E-state index contributed by atoms with van der Waals surface area (Å²) in [4.78, 5) is 0. The molecule has 2 nitrogen and oxygen atoms in total. The van der Waals surface area contributed by atoms with Crippen molar-refractivity contribution in [2.75, 3.05) is 6.61 Å². The maximum atomic E-state index is 10.3. The van der Waals surface area contributed by atoms with Crippen LogP contribution in [0.4, 0.5) is 0 Å². The Hall–Kier alpha value is -0.488. The van der Waals surface area contributed by atoms with Crippen molar-refractivity contribution in [3.63, 3.8) is 0 Å². The summed E-state index contributed by atoms with van der Waals surface area (Å²) in [5.74, 6) is 0.570. The number of aliphatic hydroxyl groups is 1. The van der Waals surface area contributed by atoms with Gasteiger partial charge >= 0.3 is 31.1 Å². The normalized spacial score (nSPS) is 15.3. The maximum absolute atomic E-state index is 10.3. The van der Waals surface area contributed by atoms with Crippen LogP contribution in [0.1, 0.15) is 89.2 Å². The first-order chi connectivity index (χ1) is 12.7.